The first-order chi connectivity index (χ1) is 8.74. The van der Waals surface area contributed by atoms with E-state index in [1.807, 2.05) is 6.07 Å². The second kappa shape index (κ2) is 8.81. The average molecular weight is 251 g/mol. The fourth-order valence-corrected chi connectivity index (χ4v) is 2.08. The predicted molar refractivity (Wildman–Crippen MR) is 74.8 cm³/mol. The topological polar surface area (TPSA) is 66.5 Å². The van der Waals surface area contributed by atoms with E-state index in [-0.39, 0.29) is 11.5 Å². The summed E-state index contributed by atoms with van der Waals surface area (Å²) in [4.78, 5) is 0. The number of aryl methyl sites for hydroxylation is 1. The van der Waals surface area contributed by atoms with Crippen LogP contribution >= 0.6 is 0 Å². The minimum absolute atomic E-state index is 0.0192. The number of benzene rings is 1. The van der Waals surface area contributed by atoms with E-state index in [1.54, 1.807) is 12.1 Å². The quantitative estimate of drug-likeness (QED) is 0.466. The number of unbranched alkanes of at least 4 members (excludes halogenated alkanes) is 6. The molecule has 0 spiro atoms. The van der Waals surface area contributed by atoms with Gasteiger partial charge >= 0.3 is 0 Å². The van der Waals surface area contributed by atoms with Crippen molar-refractivity contribution in [3.05, 3.63) is 23.8 Å². The van der Waals surface area contributed by atoms with Gasteiger partial charge in [0.25, 0.3) is 0 Å². The van der Waals surface area contributed by atoms with Gasteiger partial charge in [-0.05, 0) is 43.5 Å². The van der Waals surface area contributed by atoms with Crippen LogP contribution in [0.1, 0.15) is 50.5 Å². The normalized spacial score (nSPS) is 10.7. The third-order valence-electron chi connectivity index (χ3n) is 3.21. The van der Waals surface area contributed by atoms with Crippen molar-refractivity contribution in [1.82, 2.24) is 0 Å². The molecule has 4 N–H and O–H groups in total. The SMILES string of the molecule is NCCCCCCCCCc1ccc(O)c(O)c1. The van der Waals surface area contributed by atoms with Gasteiger partial charge in [0.15, 0.2) is 11.5 Å². The third kappa shape index (κ3) is 5.92. The van der Waals surface area contributed by atoms with Crippen LogP contribution in [0.2, 0.25) is 0 Å². The zero-order chi connectivity index (χ0) is 13.2. The van der Waals surface area contributed by atoms with Crippen LogP contribution < -0.4 is 5.73 Å². The predicted octanol–water partition coefficient (Wildman–Crippen LogP) is 3.33. The largest absolute Gasteiger partial charge is 0.504 e. The Morgan fingerprint density at radius 3 is 2.00 bits per heavy atom. The summed E-state index contributed by atoms with van der Waals surface area (Å²) >= 11 is 0. The minimum atomic E-state index is -0.0429. The second-order valence-electron chi connectivity index (χ2n) is 4.84. The third-order valence-corrected chi connectivity index (χ3v) is 3.21. The molecule has 0 unspecified atom stereocenters. The van der Waals surface area contributed by atoms with Crippen LogP contribution in [0, 0.1) is 0 Å². The molecular formula is C15H25NO2. The number of aromatic hydroxyl groups is 2. The van der Waals surface area contributed by atoms with Crippen LogP contribution in [0.5, 0.6) is 11.5 Å². The molecule has 0 aliphatic heterocycles. The summed E-state index contributed by atoms with van der Waals surface area (Å²) in [5, 5.41) is 18.6. The lowest BCUT2D eigenvalue weighted by Gasteiger charge is -2.04. The monoisotopic (exact) mass is 251 g/mol. The van der Waals surface area contributed by atoms with Crippen LogP contribution in [0.4, 0.5) is 0 Å². The Hall–Kier alpha value is -1.22. The molecule has 18 heavy (non-hydrogen) atoms. The van der Waals surface area contributed by atoms with E-state index in [1.165, 1.54) is 32.1 Å². The summed E-state index contributed by atoms with van der Waals surface area (Å²) in [5.74, 6) is -0.0621. The average Bonchev–Trinajstić information content (AvgIpc) is 2.37. The number of nitrogens with two attached hydrogens (primary N) is 1. The van der Waals surface area contributed by atoms with Crippen molar-refractivity contribution in [3.8, 4) is 11.5 Å². The maximum atomic E-state index is 9.36. The minimum Gasteiger partial charge on any atom is -0.504 e. The fraction of sp³-hybridized carbons (Fsp3) is 0.600. The molecular weight excluding hydrogens is 226 g/mol. The lowest BCUT2D eigenvalue weighted by molar-refractivity contribution is 0.403. The second-order valence-corrected chi connectivity index (χ2v) is 4.84. The van der Waals surface area contributed by atoms with Crippen molar-refractivity contribution in [2.75, 3.05) is 6.54 Å². The number of phenols is 2. The standard InChI is InChI=1S/C15H25NO2/c16-11-7-5-3-1-2-4-6-8-13-9-10-14(17)15(18)12-13/h9-10,12,17-18H,1-8,11,16H2. The number of rotatable bonds is 9. The Kier molecular flexibility index (Phi) is 7.26. The molecule has 0 bridgehead atoms. The summed E-state index contributed by atoms with van der Waals surface area (Å²) < 4.78 is 0. The summed E-state index contributed by atoms with van der Waals surface area (Å²) in [5.41, 5.74) is 6.53. The van der Waals surface area contributed by atoms with Crippen molar-refractivity contribution < 1.29 is 10.2 Å². The highest BCUT2D eigenvalue weighted by Gasteiger charge is 2.00. The van der Waals surface area contributed by atoms with Crippen molar-refractivity contribution in [2.45, 2.75) is 51.4 Å². The van der Waals surface area contributed by atoms with Gasteiger partial charge in [0, 0.05) is 0 Å². The molecule has 102 valence electrons. The first-order valence-electron chi connectivity index (χ1n) is 6.95. The molecule has 3 heteroatoms. The van der Waals surface area contributed by atoms with Gasteiger partial charge in [-0.15, -0.1) is 0 Å². The van der Waals surface area contributed by atoms with E-state index in [9.17, 15) is 10.2 Å². The number of phenolic OH excluding ortho intramolecular Hbond substituents is 2. The van der Waals surface area contributed by atoms with E-state index in [0.717, 1.165) is 31.4 Å². The molecule has 0 aliphatic carbocycles. The summed E-state index contributed by atoms with van der Waals surface area (Å²) in [6.45, 7) is 0.810. The Labute approximate surface area is 110 Å². The summed E-state index contributed by atoms with van der Waals surface area (Å²) in [7, 11) is 0. The lowest BCUT2D eigenvalue weighted by Crippen LogP contribution is -1.97. The molecule has 1 aromatic carbocycles. The van der Waals surface area contributed by atoms with Gasteiger partial charge in [-0.1, -0.05) is 38.2 Å². The Bertz CT molecular complexity index is 339. The molecule has 3 nitrogen and oxygen atoms in total. The van der Waals surface area contributed by atoms with Gasteiger partial charge < -0.3 is 15.9 Å². The van der Waals surface area contributed by atoms with Gasteiger partial charge in [0.1, 0.15) is 0 Å². The maximum absolute atomic E-state index is 9.36. The highest BCUT2D eigenvalue weighted by Crippen LogP contribution is 2.25. The Morgan fingerprint density at radius 2 is 1.39 bits per heavy atom. The first kappa shape index (κ1) is 14.8. The van der Waals surface area contributed by atoms with Gasteiger partial charge in [0.2, 0.25) is 0 Å². The Balaban J connectivity index is 2.05. The molecule has 0 saturated carbocycles. The molecule has 0 aromatic heterocycles. The molecule has 0 radical (unpaired) electrons. The van der Waals surface area contributed by atoms with Crippen LogP contribution in [0.3, 0.4) is 0 Å². The van der Waals surface area contributed by atoms with Crippen LogP contribution in [0.25, 0.3) is 0 Å². The van der Waals surface area contributed by atoms with E-state index in [0.29, 0.717) is 0 Å². The van der Waals surface area contributed by atoms with E-state index >= 15 is 0 Å². The summed E-state index contributed by atoms with van der Waals surface area (Å²) in [6, 6.07) is 5.07. The van der Waals surface area contributed by atoms with Crippen molar-refractivity contribution in [3.63, 3.8) is 0 Å². The molecule has 0 atom stereocenters. The van der Waals surface area contributed by atoms with Gasteiger partial charge in [0.05, 0.1) is 0 Å². The van der Waals surface area contributed by atoms with Crippen LogP contribution in [-0.2, 0) is 6.42 Å². The smallest absolute Gasteiger partial charge is 0.157 e. The van der Waals surface area contributed by atoms with Gasteiger partial charge in [-0.2, -0.15) is 0 Å². The molecule has 0 saturated heterocycles. The Morgan fingerprint density at radius 1 is 0.778 bits per heavy atom. The zero-order valence-corrected chi connectivity index (χ0v) is 11.1. The molecule has 1 rings (SSSR count). The van der Waals surface area contributed by atoms with Gasteiger partial charge in [-0.3, -0.25) is 0 Å². The first-order valence-corrected chi connectivity index (χ1v) is 6.95. The maximum Gasteiger partial charge on any atom is 0.157 e. The van der Waals surface area contributed by atoms with Gasteiger partial charge in [-0.25, -0.2) is 0 Å². The van der Waals surface area contributed by atoms with E-state index in [2.05, 4.69) is 0 Å². The molecule has 0 fully saturated rings. The molecule has 0 aliphatic rings. The van der Waals surface area contributed by atoms with E-state index < -0.39 is 0 Å². The van der Waals surface area contributed by atoms with Crippen LogP contribution in [-0.4, -0.2) is 16.8 Å². The van der Waals surface area contributed by atoms with Crippen molar-refractivity contribution >= 4 is 0 Å². The molecule has 0 heterocycles. The zero-order valence-electron chi connectivity index (χ0n) is 11.1. The highest BCUT2D eigenvalue weighted by molar-refractivity contribution is 5.40. The fourth-order valence-electron chi connectivity index (χ4n) is 2.08. The summed E-state index contributed by atoms with van der Waals surface area (Å²) in [6.07, 6.45) is 9.59. The van der Waals surface area contributed by atoms with E-state index in [4.69, 9.17) is 5.73 Å². The number of hydrogen-bond donors (Lipinski definition) is 3. The van der Waals surface area contributed by atoms with Crippen molar-refractivity contribution in [2.24, 2.45) is 5.73 Å². The molecule has 0 amide bonds. The number of hydrogen-bond acceptors (Lipinski definition) is 3. The molecule has 1 aromatic rings. The van der Waals surface area contributed by atoms with Crippen LogP contribution in [0.15, 0.2) is 18.2 Å². The van der Waals surface area contributed by atoms with Crippen molar-refractivity contribution in [1.29, 1.82) is 0 Å². The highest BCUT2D eigenvalue weighted by atomic mass is 16.3. The lowest BCUT2D eigenvalue weighted by atomic mass is 10.0.